The third-order valence-electron chi connectivity index (χ3n) is 4.82. The van der Waals surface area contributed by atoms with Crippen molar-refractivity contribution >= 4 is 23.4 Å². The highest BCUT2D eigenvalue weighted by atomic mass is 16.5. The first-order chi connectivity index (χ1) is 13.1. The third kappa shape index (κ3) is 3.53. The van der Waals surface area contributed by atoms with Gasteiger partial charge < -0.3 is 9.47 Å². The van der Waals surface area contributed by atoms with Gasteiger partial charge in [-0.3, -0.25) is 9.78 Å². The van der Waals surface area contributed by atoms with Crippen molar-refractivity contribution in [1.82, 2.24) is 4.98 Å². The summed E-state index contributed by atoms with van der Waals surface area (Å²) in [4.78, 5) is 28.1. The fourth-order valence-electron chi connectivity index (χ4n) is 3.35. The lowest BCUT2D eigenvalue weighted by Gasteiger charge is -2.16. The molecule has 4 rings (SSSR count). The average molecular weight is 361 g/mol. The number of methoxy groups -OCH3 is 1. The number of aromatic nitrogens is 1. The zero-order chi connectivity index (χ0) is 18.8. The quantitative estimate of drug-likeness (QED) is 0.757. The number of nitrogens with zero attached hydrogens (tertiary/aromatic N) is 1. The molecule has 0 atom stereocenters. The number of carbonyl (C=O) groups excluding carboxylic acids is 2. The molecule has 1 heterocycles. The van der Waals surface area contributed by atoms with Gasteiger partial charge in [0.1, 0.15) is 22.8 Å². The monoisotopic (exact) mass is 361 g/mol. The number of fused-ring (bicyclic) bond motifs is 1. The Balaban J connectivity index is 1.70. The number of hydrogen-bond acceptors (Lipinski definition) is 5. The molecule has 0 radical (unpaired) electrons. The maximum absolute atomic E-state index is 12.2. The van der Waals surface area contributed by atoms with Crippen LogP contribution in [0, 0.1) is 0 Å². The fourth-order valence-corrected chi connectivity index (χ4v) is 3.35. The molecule has 1 aromatic heterocycles. The molecule has 0 N–H and O–H groups in total. The first-order valence-electron chi connectivity index (χ1n) is 8.91. The van der Waals surface area contributed by atoms with Gasteiger partial charge in [-0.2, -0.15) is 0 Å². The van der Waals surface area contributed by atoms with Crippen molar-refractivity contribution in [2.75, 3.05) is 7.11 Å². The van der Waals surface area contributed by atoms with Crippen LogP contribution in [-0.2, 0) is 16.0 Å². The standard InChI is InChI=1S/C22H19NO4/c1-26-22(25)19-10-7-15(14-5-8-17(24)9-6-14)12-21(19)27-18-11-16-3-2-4-20(16)23-13-18/h2-3,5,7,10-13H,4,6,8-9H2,1H3. The fraction of sp³-hybridized carbons (Fsp3) is 0.227. The summed E-state index contributed by atoms with van der Waals surface area (Å²) in [6, 6.07) is 7.31. The van der Waals surface area contributed by atoms with Gasteiger partial charge in [-0.15, -0.1) is 0 Å². The topological polar surface area (TPSA) is 65.5 Å². The lowest BCUT2D eigenvalue weighted by Crippen LogP contribution is -2.06. The molecule has 136 valence electrons. The Bertz CT molecular complexity index is 988. The van der Waals surface area contributed by atoms with Gasteiger partial charge in [0.05, 0.1) is 19.0 Å². The maximum Gasteiger partial charge on any atom is 0.341 e. The Morgan fingerprint density at radius 2 is 2.04 bits per heavy atom. The number of pyridine rings is 1. The molecule has 2 aromatic rings. The third-order valence-corrected chi connectivity index (χ3v) is 4.82. The number of Topliss-reactive ketones (excluding diaryl/α,β-unsaturated/α-hetero) is 1. The molecule has 0 fully saturated rings. The van der Waals surface area contributed by atoms with E-state index in [4.69, 9.17) is 9.47 Å². The van der Waals surface area contributed by atoms with Crippen molar-refractivity contribution in [2.45, 2.75) is 25.7 Å². The van der Waals surface area contributed by atoms with E-state index in [0.717, 1.165) is 28.8 Å². The number of ketones is 1. The van der Waals surface area contributed by atoms with Gasteiger partial charge in [-0.25, -0.2) is 4.79 Å². The van der Waals surface area contributed by atoms with Gasteiger partial charge in [0, 0.05) is 19.3 Å². The SMILES string of the molecule is COC(=O)c1ccc(C2=CCC(=O)CC2)cc1Oc1cnc2c(c1)C=CC2. The largest absolute Gasteiger partial charge is 0.465 e. The Morgan fingerprint density at radius 3 is 2.81 bits per heavy atom. The van der Waals surface area contributed by atoms with Gasteiger partial charge in [0.15, 0.2) is 0 Å². The molecule has 0 bridgehead atoms. The summed E-state index contributed by atoms with van der Waals surface area (Å²) in [5, 5.41) is 0. The van der Waals surface area contributed by atoms with Crippen LogP contribution in [-0.4, -0.2) is 23.8 Å². The van der Waals surface area contributed by atoms with Crippen molar-refractivity contribution in [1.29, 1.82) is 0 Å². The summed E-state index contributed by atoms with van der Waals surface area (Å²) in [5.74, 6) is 0.772. The lowest BCUT2D eigenvalue weighted by molar-refractivity contribution is -0.118. The van der Waals surface area contributed by atoms with Crippen molar-refractivity contribution in [3.05, 3.63) is 65.0 Å². The second-order valence-electron chi connectivity index (χ2n) is 6.59. The van der Waals surface area contributed by atoms with E-state index in [0.29, 0.717) is 36.3 Å². The molecule has 27 heavy (non-hydrogen) atoms. The molecule has 1 aromatic carbocycles. The number of hydrogen-bond donors (Lipinski definition) is 0. The number of carbonyl (C=O) groups is 2. The molecule has 5 nitrogen and oxygen atoms in total. The van der Waals surface area contributed by atoms with Crippen molar-refractivity contribution in [3.63, 3.8) is 0 Å². The Labute approximate surface area is 157 Å². The van der Waals surface area contributed by atoms with Crippen LogP contribution in [0.15, 0.2) is 42.6 Å². The predicted molar refractivity (Wildman–Crippen MR) is 102 cm³/mol. The highest BCUT2D eigenvalue weighted by Crippen LogP contribution is 2.33. The molecule has 0 saturated carbocycles. The van der Waals surface area contributed by atoms with Gasteiger partial charge in [-0.1, -0.05) is 24.3 Å². The van der Waals surface area contributed by atoms with Crippen LogP contribution in [0.4, 0.5) is 0 Å². The zero-order valence-corrected chi connectivity index (χ0v) is 15.0. The minimum Gasteiger partial charge on any atom is -0.465 e. The summed E-state index contributed by atoms with van der Waals surface area (Å²) in [5.41, 5.74) is 4.42. The van der Waals surface area contributed by atoms with E-state index in [9.17, 15) is 9.59 Å². The van der Waals surface area contributed by atoms with Crippen molar-refractivity contribution < 1.29 is 19.1 Å². The highest BCUT2D eigenvalue weighted by molar-refractivity contribution is 5.94. The molecule has 0 aliphatic heterocycles. The van der Waals surface area contributed by atoms with E-state index in [-0.39, 0.29) is 5.78 Å². The molecule has 0 saturated heterocycles. The predicted octanol–water partition coefficient (Wildman–Crippen LogP) is 4.37. The second kappa shape index (κ2) is 7.19. The van der Waals surface area contributed by atoms with Crippen LogP contribution in [0.25, 0.3) is 11.6 Å². The molecule has 0 spiro atoms. The Kier molecular flexibility index (Phi) is 4.59. The van der Waals surface area contributed by atoms with Crippen molar-refractivity contribution in [3.8, 4) is 11.5 Å². The van der Waals surface area contributed by atoms with Crippen LogP contribution >= 0.6 is 0 Å². The number of allylic oxidation sites excluding steroid dienone is 3. The molecule has 0 unspecified atom stereocenters. The smallest absolute Gasteiger partial charge is 0.341 e. The normalized spacial score (nSPS) is 15.3. The summed E-state index contributed by atoms with van der Waals surface area (Å²) < 4.78 is 10.9. The summed E-state index contributed by atoms with van der Waals surface area (Å²) in [7, 11) is 1.34. The van der Waals surface area contributed by atoms with Gasteiger partial charge in [0.25, 0.3) is 0 Å². The number of esters is 1. The highest BCUT2D eigenvalue weighted by Gasteiger charge is 2.18. The number of benzene rings is 1. The van der Waals surface area contributed by atoms with Crippen LogP contribution in [0.3, 0.4) is 0 Å². The molecule has 2 aliphatic carbocycles. The van der Waals surface area contributed by atoms with Gasteiger partial charge >= 0.3 is 5.97 Å². The van der Waals surface area contributed by atoms with E-state index in [1.54, 1.807) is 12.3 Å². The van der Waals surface area contributed by atoms with Crippen LogP contribution in [0.1, 0.15) is 46.4 Å². The zero-order valence-electron chi connectivity index (χ0n) is 15.0. The number of rotatable bonds is 4. The van der Waals surface area contributed by atoms with Crippen LogP contribution in [0.5, 0.6) is 11.5 Å². The summed E-state index contributed by atoms with van der Waals surface area (Å²) in [6.07, 6.45) is 10.2. The van der Waals surface area contributed by atoms with Gasteiger partial charge in [0.2, 0.25) is 0 Å². The average Bonchev–Trinajstić information content (AvgIpc) is 3.16. The first kappa shape index (κ1) is 17.2. The number of ether oxygens (including phenoxy) is 2. The minimum atomic E-state index is -0.460. The molecular formula is C22H19NO4. The van der Waals surface area contributed by atoms with E-state index in [1.165, 1.54) is 7.11 Å². The summed E-state index contributed by atoms with van der Waals surface area (Å²) in [6.45, 7) is 0. The maximum atomic E-state index is 12.2. The first-order valence-corrected chi connectivity index (χ1v) is 8.91. The van der Waals surface area contributed by atoms with E-state index in [2.05, 4.69) is 11.1 Å². The van der Waals surface area contributed by atoms with E-state index in [1.807, 2.05) is 30.4 Å². The van der Waals surface area contributed by atoms with Crippen LogP contribution in [0.2, 0.25) is 0 Å². The molecule has 2 aliphatic rings. The molecule has 5 heteroatoms. The second-order valence-corrected chi connectivity index (χ2v) is 6.59. The van der Waals surface area contributed by atoms with E-state index < -0.39 is 5.97 Å². The van der Waals surface area contributed by atoms with E-state index >= 15 is 0 Å². The minimum absolute atomic E-state index is 0.249. The Morgan fingerprint density at radius 1 is 1.15 bits per heavy atom. The summed E-state index contributed by atoms with van der Waals surface area (Å²) >= 11 is 0. The lowest BCUT2D eigenvalue weighted by atomic mass is 9.92. The molecular weight excluding hydrogens is 342 g/mol. The van der Waals surface area contributed by atoms with Crippen LogP contribution < -0.4 is 4.74 Å². The van der Waals surface area contributed by atoms with Gasteiger partial charge in [-0.05, 0) is 41.3 Å². The van der Waals surface area contributed by atoms with Crippen molar-refractivity contribution in [2.24, 2.45) is 0 Å². The molecule has 0 amide bonds. The Hall–Kier alpha value is -3.21.